The number of aromatic nitrogens is 2. The summed E-state index contributed by atoms with van der Waals surface area (Å²) in [6, 6.07) is 3.74. The summed E-state index contributed by atoms with van der Waals surface area (Å²) >= 11 is 0. The lowest BCUT2D eigenvalue weighted by atomic mass is 10.1. The van der Waals surface area contributed by atoms with Crippen molar-refractivity contribution < 1.29 is 23.6 Å². The number of aryl methyl sites for hydroxylation is 2. The monoisotopic (exact) mass is 363 g/mol. The molecule has 0 unspecified atom stereocenters. The number of carboxylic acid groups (broad SMARTS) is 1. The summed E-state index contributed by atoms with van der Waals surface area (Å²) in [5.41, 5.74) is 1.00. The highest BCUT2D eigenvalue weighted by Crippen LogP contribution is 2.19. The maximum atomic E-state index is 13.6. The summed E-state index contributed by atoms with van der Waals surface area (Å²) in [5.74, 6) is -1.33. The van der Waals surface area contributed by atoms with Gasteiger partial charge in [-0.25, -0.2) is 9.18 Å². The average Bonchev–Trinajstić information content (AvgIpc) is 3.08. The van der Waals surface area contributed by atoms with Crippen LogP contribution in [0.5, 0.6) is 0 Å². The van der Waals surface area contributed by atoms with E-state index in [0.29, 0.717) is 17.5 Å². The second-order valence-electron chi connectivity index (χ2n) is 6.08. The predicted octanol–water partition coefficient (Wildman–Crippen LogP) is 2.88. The molecule has 0 saturated heterocycles. The number of nitrogens with one attached hydrogen (secondary N) is 1. The van der Waals surface area contributed by atoms with Gasteiger partial charge in [0.2, 0.25) is 17.6 Å². The zero-order chi connectivity index (χ0) is 19.1. The van der Waals surface area contributed by atoms with Crippen molar-refractivity contribution in [3.05, 3.63) is 35.5 Å². The molecule has 26 heavy (non-hydrogen) atoms. The highest BCUT2D eigenvalue weighted by Gasteiger charge is 2.19. The molecule has 0 radical (unpaired) electrons. The van der Waals surface area contributed by atoms with Crippen molar-refractivity contribution in [2.75, 3.05) is 0 Å². The van der Waals surface area contributed by atoms with E-state index in [0.717, 1.165) is 12.8 Å². The van der Waals surface area contributed by atoms with Crippen molar-refractivity contribution >= 4 is 11.9 Å². The molecule has 8 heteroatoms. The van der Waals surface area contributed by atoms with E-state index in [2.05, 4.69) is 15.5 Å². The van der Waals surface area contributed by atoms with Crippen molar-refractivity contribution in [1.29, 1.82) is 0 Å². The number of unbranched alkanes of at least 4 members (excludes halogenated alkanes) is 1. The molecular formula is C18H22FN3O4. The Morgan fingerprint density at radius 2 is 2.15 bits per heavy atom. The predicted molar refractivity (Wildman–Crippen MR) is 91.8 cm³/mol. The highest BCUT2D eigenvalue weighted by atomic mass is 19.1. The van der Waals surface area contributed by atoms with Crippen LogP contribution in [-0.4, -0.2) is 33.2 Å². The molecule has 0 saturated carbocycles. The average molecular weight is 363 g/mol. The van der Waals surface area contributed by atoms with Crippen LogP contribution < -0.4 is 5.32 Å². The summed E-state index contributed by atoms with van der Waals surface area (Å²) in [6.45, 7) is 3.61. The number of rotatable bonds is 9. The van der Waals surface area contributed by atoms with Gasteiger partial charge in [-0.1, -0.05) is 37.1 Å². The molecule has 1 amide bonds. The van der Waals surface area contributed by atoms with Crippen molar-refractivity contribution in [3.8, 4) is 11.4 Å². The molecule has 0 aliphatic carbocycles. The molecule has 140 valence electrons. The fraction of sp³-hybridized carbons (Fsp3) is 0.444. The third-order valence-corrected chi connectivity index (χ3v) is 3.94. The van der Waals surface area contributed by atoms with Crippen molar-refractivity contribution in [3.63, 3.8) is 0 Å². The molecule has 2 aromatic rings. The Labute approximate surface area is 150 Å². The fourth-order valence-corrected chi connectivity index (χ4v) is 2.36. The molecule has 0 bridgehead atoms. The van der Waals surface area contributed by atoms with Crippen LogP contribution in [0.15, 0.2) is 22.7 Å². The number of nitrogens with zero attached hydrogens (tertiary/aromatic N) is 2. The Morgan fingerprint density at radius 3 is 2.81 bits per heavy atom. The minimum absolute atomic E-state index is 0.0276. The topological polar surface area (TPSA) is 105 Å². The third kappa shape index (κ3) is 5.37. The zero-order valence-electron chi connectivity index (χ0n) is 14.8. The highest BCUT2D eigenvalue weighted by molar-refractivity contribution is 5.83. The lowest BCUT2D eigenvalue weighted by molar-refractivity contribution is -0.142. The van der Waals surface area contributed by atoms with E-state index in [-0.39, 0.29) is 30.4 Å². The van der Waals surface area contributed by atoms with Gasteiger partial charge in [-0.05, 0) is 25.0 Å². The van der Waals surface area contributed by atoms with Crippen LogP contribution in [0, 0.1) is 12.7 Å². The van der Waals surface area contributed by atoms with Crippen LogP contribution in [0.25, 0.3) is 11.4 Å². The number of carbonyl (C=O) groups excluding carboxylic acids is 1. The van der Waals surface area contributed by atoms with Gasteiger partial charge in [0, 0.05) is 18.4 Å². The second kappa shape index (κ2) is 9.07. The molecule has 1 heterocycles. The van der Waals surface area contributed by atoms with Crippen molar-refractivity contribution in [1.82, 2.24) is 15.5 Å². The van der Waals surface area contributed by atoms with Gasteiger partial charge in [0.25, 0.3) is 0 Å². The lowest BCUT2D eigenvalue weighted by Crippen LogP contribution is -2.40. The van der Waals surface area contributed by atoms with Crippen LogP contribution in [-0.2, 0) is 16.0 Å². The Morgan fingerprint density at radius 1 is 1.38 bits per heavy atom. The van der Waals surface area contributed by atoms with Crippen LogP contribution in [0.2, 0.25) is 0 Å². The summed E-state index contributed by atoms with van der Waals surface area (Å²) < 4.78 is 18.7. The molecular weight excluding hydrogens is 341 g/mol. The summed E-state index contributed by atoms with van der Waals surface area (Å²) in [4.78, 5) is 27.2. The molecule has 0 fully saturated rings. The van der Waals surface area contributed by atoms with Crippen LogP contribution in [0.1, 0.15) is 44.1 Å². The molecule has 1 aromatic heterocycles. The number of carbonyl (C=O) groups is 2. The van der Waals surface area contributed by atoms with Crippen LogP contribution in [0.4, 0.5) is 4.39 Å². The summed E-state index contributed by atoms with van der Waals surface area (Å²) in [7, 11) is 0. The lowest BCUT2D eigenvalue weighted by Gasteiger charge is -2.13. The van der Waals surface area contributed by atoms with Crippen LogP contribution in [0.3, 0.4) is 0 Å². The minimum Gasteiger partial charge on any atom is -0.480 e. The molecule has 0 aliphatic heterocycles. The van der Waals surface area contributed by atoms with Gasteiger partial charge < -0.3 is 14.9 Å². The van der Waals surface area contributed by atoms with Gasteiger partial charge in [-0.2, -0.15) is 4.98 Å². The Bertz CT molecular complexity index is 776. The smallest absolute Gasteiger partial charge is 0.326 e. The number of carboxylic acids is 1. The fourth-order valence-electron chi connectivity index (χ4n) is 2.36. The van der Waals surface area contributed by atoms with Gasteiger partial charge in [0.1, 0.15) is 11.9 Å². The molecule has 7 nitrogen and oxygen atoms in total. The maximum absolute atomic E-state index is 13.6. The molecule has 0 spiro atoms. The number of hydrogen-bond acceptors (Lipinski definition) is 5. The summed E-state index contributed by atoms with van der Waals surface area (Å²) in [6.07, 6.45) is 2.16. The number of amides is 1. The first-order valence-corrected chi connectivity index (χ1v) is 8.52. The van der Waals surface area contributed by atoms with Crippen molar-refractivity contribution in [2.24, 2.45) is 0 Å². The number of halogens is 1. The maximum Gasteiger partial charge on any atom is 0.326 e. The Balaban J connectivity index is 1.91. The normalized spacial score (nSPS) is 12.0. The second-order valence-corrected chi connectivity index (χ2v) is 6.08. The first kappa shape index (κ1) is 19.6. The molecule has 0 aliphatic rings. The van der Waals surface area contributed by atoms with Crippen molar-refractivity contribution in [2.45, 2.75) is 52.0 Å². The molecule has 1 aromatic carbocycles. The quantitative estimate of drug-likeness (QED) is 0.710. The molecule has 2 N–H and O–H groups in total. The Kier molecular flexibility index (Phi) is 6.82. The van der Waals surface area contributed by atoms with Gasteiger partial charge in [-0.15, -0.1) is 0 Å². The molecule has 2 rings (SSSR count). The van der Waals surface area contributed by atoms with E-state index >= 15 is 0 Å². The summed E-state index contributed by atoms with van der Waals surface area (Å²) in [5, 5.41) is 15.4. The number of aliphatic carboxylic acids is 1. The van der Waals surface area contributed by atoms with Gasteiger partial charge in [0.15, 0.2) is 0 Å². The van der Waals surface area contributed by atoms with E-state index < -0.39 is 17.9 Å². The zero-order valence-corrected chi connectivity index (χ0v) is 14.8. The van der Waals surface area contributed by atoms with E-state index in [9.17, 15) is 14.0 Å². The van der Waals surface area contributed by atoms with Gasteiger partial charge in [-0.3, -0.25) is 4.79 Å². The van der Waals surface area contributed by atoms with Crippen LogP contribution >= 0.6 is 0 Å². The van der Waals surface area contributed by atoms with Gasteiger partial charge in [0.05, 0.1) is 0 Å². The van der Waals surface area contributed by atoms with E-state index in [1.54, 1.807) is 19.1 Å². The number of benzene rings is 1. The minimum atomic E-state index is -1.05. The SMILES string of the molecule is CCCC[C@H](NC(=O)CCc1nc(-c2ccc(C)c(F)c2)no1)C(=O)O. The number of hydrogen-bond donors (Lipinski definition) is 2. The Hall–Kier alpha value is -2.77. The largest absolute Gasteiger partial charge is 0.480 e. The first-order chi connectivity index (χ1) is 12.4. The van der Waals surface area contributed by atoms with E-state index in [1.807, 2.05) is 6.92 Å². The van der Waals surface area contributed by atoms with E-state index in [1.165, 1.54) is 6.07 Å². The standard InChI is InChI=1S/C18H22FN3O4/c1-3-4-5-14(18(24)25)20-15(23)8-9-16-21-17(22-26-16)12-7-6-11(2)13(19)10-12/h6-7,10,14H,3-5,8-9H2,1-2H3,(H,20,23)(H,24,25)/t14-/m0/s1. The third-order valence-electron chi connectivity index (χ3n) is 3.94. The first-order valence-electron chi connectivity index (χ1n) is 8.52. The van der Waals surface area contributed by atoms with Gasteiger partial charge >= 0.3 is 5.97 Å². The molecule has 1 atom stereocenters. The van der Waals surface area contributed by atoms with E-state index in [4.69, 9.17) is 9.63 Å².